The first-order valence-electron chi connectivity index (χ1n) is 8.55. The van der Waals surface area contributed by atoms with E-state index in [1.807, 2.05) is 44.3 Å². The Morgan fingerprint density at radius 3 is 2.85 bits per heavy atom. The maximum Gasteiger partial charge on any atom is 0.282 e. The number of nitrogens with zero attached hydrogens (tertiary/aromatic N) is 5. The second-order valence-electron chi connectivity index (χ2n) is 6.40. The lowest BCUT2D eigenvalue weighted by atomic mass is 10.2. The molecule has 2 aromatic heterocycles. The average molecular weight is 352 g/mol. The molecule has 1 N–H and O–H groups in total. The van der Waals surface area contributed by atoms with Gasteiger partial charge in [0.15, 0.2) is 11.5 Å². The van der Waals surface area contributed by atoms with Crippen LogP contribution in [0.5, 0.6) is 0 Å². The molecule has 3 aromatic rings. The Bertz CT molecular complexity index is 965. The highest BCUT2D eigenvalue weighted by atomic mass is 16.5. The van der Waals surface area contributed by atoms with E-state index in [1.54, 1.807) is 4.68 Å². The molecule has 3 heterocycles. The predicted molar refractivity (Wildman–Crippen MR) is 96.1 cm³/mol. The molecule has 1 aliphatic rings. The lowest BCUT2D eigenvalue weighted by Crippen LogP contribution is -2.44. The SMILES string of the molecule is Cc1cc(=O)c(-c2nc(C3CNCCN3C)no2)nn1-c1ccccc1. The van der Waals surface area contributed by atoms with Crippen LogP contribution >= 0.6 is 0 Å². The van der Waals surface area contributed by atoms with Crippen molar-refractivity contribution in [1.29, 1.82) is 0 Å². The summed E-state index contributed by atoms with van der Waals surface area (Å²) in [4.78, 5) is 19.1. The van der Waals surface area contributed by atoms with Gasteiger partial charge in [0.25, 0.3) is 5.89 Å². The zero-order valence-corrected chi connectivity index (χ0v) is 14.7. The van der Waals surface area contributed by atoms with Crippen molar-refractivity contribution in [3.8, 4) is 17.3 Å². The van der Waals surface area contributed by atoms with Gasteiger partial charge in [0.05, 0.1) is 11.7 Å². The van der Waals surface area contributed by atoms with Gasteiger partial charge >= 0.3 is 0 Å². The molecule has 0 spiro atoms. The number of aromatic nitrogens is 4. The minimum atomic E-state index is -0.236. The van der Waals surface area contributed by atoms with Gasteiger partial charge in [-0.1, -0.05) is 23.4 Å². The van der Waals surface area contributed by atoms with E-state index >= 15 is 0 Å². The van der Waals surface area contributed by atoms with Gasteiger partial charge in [0.2, 0.25) is 5.43 Å². The van der Waals surface area contributed by atoms with Crippen LogP contribution in [0.1, 0.15) is 17.6 Å². The smallest absolute Gasteiger partial charge is 0.282 e. The van der Waals surface area contributed by atoms with Crippen molar-refractivity contribution in [3.05, 3.63) is 58.1 Å². The molecule has 0 aliphatic carbocycles. The summed E-state index contributed by atoms with van der Waals surface area (Å²) in [6.45, 7) is 4.41. The molecule has 4 rings (SSSR count). The van der Waals surface area contributed by atoms with Gasteiger partial charge < -0.3 is 9.84 Å². The second-order valence-corrected chi connectivity index (χ2v) is 6.40. The normalized spacial score (nSPS) is 18.2. The third-order valence-corrected chi connectivity index (χ3v) is 4.56. The molecular formula is C18H20N6O2. The molecule has 1 unspecified atom stereocenters. The average Bonchev–Trinajstić information content (AvgIpc) is 3.12. The number of piperazine rings is 1. The number of hydrogen-bond donors (Lipinski definition) is 1. The minimum Gasteiger partial charge on any atom is -0.332 e. The van der Waals surface area contributed by atoms with Crippen molar-refractivity contribution in [2.24, 2.45) is 0 Å². The highest BCUT2D eigenvalue weighted by molar-refractivity contribution is 5.47. The fourth-order valence-electron chi connectivity index (χ4n) is 3.09. The van der Waals surface area contributed by atoms with E-state index in [0.717, 1.165) is 31.0 Å². The van der Waals surface area contributed by atoms with Crippen LogP contribution in [0.15, 0.2) is 45.7 Å². The molecule has 1 aromatic carbocycles. The van der Waals surface area contributed by atoms with Gasteiger partial charge in [-0.2, -0.15) is 10.1 Å². The highest BCUT2D eigenvalue weighted by Crippen LogP contribution is 2.20. The first-order chi connectivity index (χ1) is 12.6. The number of likely N-dealkylation sites (N-methyl/N-ethyl adjacent to an activating group) is 1. The van der Waals surface area contributed by atoms with Crippen LogP contribution in [0.25, 0.3) is 17.3 Å². The third kappa shape index (κ3) is 3.04. The molecule has 8 heteroatoms. The Morgan fingerprint density at radius 1 is 1.27 bits per heavy atom. The van der Waals surface area contributed by atoms with Gasteiger partial charge in [-0.15, -0.1) is 0 Å². The molecule has 26 heavy (non-hydrogen) atoms. The molecule has 0 radical (unpaired) electrons. The third-order valence-electron chi connectivity index (χ3n) is 4.56. The lowest BCUT2D eigenvalue weighted by Gasteiger charge is -2.30. The number of aryl methyl sites for hydroxylation is 1. The van der Waals surface area contributed by atoms with Gasteiger partial charge in [-0.05, 0) is 26.1 Å². The fraction of sp³-hybridized carbons (Fsp3) is 0.333. The van der Waals surface area contributed by atoms with Crippen LogP contribution in [0.3, 0.4) is 0 Å². The van der Waals surface area contributed by atoms with Crippen LogP contribution in [-0.4, -0.2) is 51.5 Å². The zero-order valence-electron chi connectivity index (χ0n) is 14.7. The van der Waals surface area contributed by atoms with Gasteiger partial charge in [-0.3, -0.25) is 9.69 Å². The van der Waals surface area contributed by atoms with Crippen LogP contribution in [0, 0.1) is 6.92 Å². The summed E-state index contributed by atoms with van der Waals surface area (Å²) in [7, 11) is 2.02. The molecule has 134 valence electrons. The quantitative estimate of drug-likeness (QED) is 0.757. The maximum absolute atomic E-state index is 12.4. The van der Waals surface area contributed by atoms with Gasteiger partial charge in [-0.25, -0.2) is 4.68 Å². The highest BCUT2D eigenvalue weighted by Gasteiger charge is 2.26. The molecule has 8 nitrogen and oxygen atoms in total. The van der Waals surface area contributed by atoms with Crippen molar-refractivity contribution in [3.63, 3.8) is 0 Å². The number of rotatable bonds is 3. The standard InChI is InChI=1S/C18H20N6O2/c1-12-10-15(25)16(21-24(12)13-6-4-3-5-7-13)18-20-17(22-26-18)14-11-19-8-9-23(14)2/h3-7,10,14,19H,8-9,11H2,1-2H3. The number of benzene rings is 1. The summed E-state index contributed by atoms with van der Waals surface area (Å²) in [6, 6.07) is 11.2. The molecular weight excluding hydrogens is 332 g/mol. The van der Waals surface area contributed by atoms with Crippen LogP contribution in [-0.2, 0) is 0 Å². The van der Waals surface area contributed by atoms with Crippen molar-refractivity contribution >= 4 is 0 Å². The predicted octanol–water partition coefficient (Wildman–Crippen LogP) is 1.17. The molecule has 1 fully saturated rings. The monoisotopic (exact) mass is 352 g/mol. The van der Waals surface area contributed by atoms with Crippen molar-refractivity contribution < 1.29 is 4.52 Å². The summed E-state index contributed by atoms with van der Waals surface area (Å²) in [5.74, 6) is 0.705. The second kappa shape index (κ2) is 6.81. The Hall–Kier alpha value is -2.84. The van der Waals surface area contributed by atoms with Crippen LogP contribution in [0.4, 0.5) is 0 Å². The number of nitrogens with one attached hydrogen (secondary N) is 1. The summed E-state index contributed by atoms with van der Waals surface area (Å²) < 4.78 is 7.08. The largest absolute Gasteiger partial charge is 0.332 e. The molecule has 0 bridgehead atoms. The Morgan fingerprint density at radius 2 is 2.08 bits per heavy atom. The number of hydrogen-bond acceptors (Lipinski definition) is 7. The van der Waals surface area contributed by atoms with E-state index in [4.69, 9.17) is 4.52 Å². The van der Waals surface area contributed by atoms with E-state index in [2.05, 4.69) is 25.5 Å². The summed E-state index contributed by atoms with van der Waals surface area (Å²) in [5.41, 5.74) is 1.52. The summed E-state index contributed by atoms with van der Waals surface area (Å²) in [5, 5.41) is 11.9. The number of para-hydroxylation sites is 1. The first kappa shape index (κ1) is 16.6. The Labute approximate surface area is 150 Å². The van der Waals surface area contributed by atoms with Gasteiger partial charge in [0.1, 0.15) is 0 Å². The Balaban J connectivity index is 1.73. The zero-order chi connectivity index (χ0) is 18.1. The minimum absolute atomic E-state index is 0.0167. The van der Waals surface area contributed by atoms with E-state index in [0.29, 0.717) is 5.82 Å². The molecule has 1 saturated heterocycles. The lowest BCUT2D eigenvalue weighted by molar-refractivity contribution is 0.190. The fourth-order valence-corrected chi connectivity index (χ4v) is 3.09. The van der Waals surface area contributed by atoms with E-state index in [9.17, 15) is 4.79 Å². The maximum atomic E-state index is 12.4. The van der Waals surface area contributed by atoms with Crippen molar-refractivity contribution in [2.75, 3.05) is 26.7 Å². The van der Waals surface area contributed by atoms with E-state index in [1.165, 1.54) is 6.07 Å². The molecule has 0 saturated carbocycles. The molecule has 1 aliphatic heterocycles. The summed E-state index contributed by atoms with van der Waals surface area (Å²) >= 11 is 0. The first-order valence-corrected chi connectivity index (χ1v) is 8.55. The van der Waals surface area contributed by atoms with Crippen molar-refractivity contribution in [2.45, 2.75) is 13.0 Å². The Kier molecular flexibility index (Phi) is 4.36. The van der Waals surface area contributed by atoms with Crippen LogP contribution < -0.4 is 10.7 Å². The van der Waals surface area contributed by atoms with Gasteiger partial charge in [0, 0.05) is 31.4 Å². The van der Waals surface area contributed by atoms with E-state index < -0.39 is 0 Å². The molecule has 1 atom stereocenters. The van der Waals surface area contributed by atoms with Crippen LogP contribution in [0.2, 0.25) is 0 Å². The topological polar surface area (TPSA) is 89.1 Å². The molecule has 0 amide bonds. The summed E-state index contributed by atoms with van der Waals surface area (Å²) in [6.07, 6.45) is 0. The van der Waals surface area contributed by atoms with Crippen molar-refractivity contribution in [1.82, 2.24) is 30.1 Å². The van der Waals surface area contributed by atoms with E-state index in [-0.39, 0.29) is 23.1 Å².